The standard InChI is InChI=1S/2C12H11PS2.2CH3.Sn/c2*14-13(15,11-7-3-1-4-8-11)12-9-5-2-6-10-12;;;/h2*1-10H,(H,14,15);2*1H3;/q;;;;+2/p-2. The van der Waals surface area contributed by atoms with Crippen LogP contribution in [0.4, 0.5) is 0 Å². The van der Waals surface area contributed by atoms with Gasteiger partial charge in [0, 0.05) is 0 Å². The molecule has 0 aliphatic carbocycles. The van der Waals surface area contributed by atoms with E-state index < -0.39 is 10.5 Å². The van der Waals surface area contributed by atoms with Gasteiger partial charge in [-0.25, -0.2) is 0 Å². The molecule has 0 spiro atoms. The van der Waals surface area contributed by atoms with Crippen LogP contribution in [0.2, 0.25) is 9.88 Å². The van der Waals surface area contributed by atoms with Gasteiger partial charge in [0.15, 0.2) is 0 Å². The Hall–Kier alpha value is -0.321. The molecular weight excluding hydrogens is 621 g/mol. The van der Waals surface area contributed by atoms with Crippen molar-refractivity contribution < 1.29 is 0 Å². The molecule has 0 radical (unpaired) electrons. The Morgan fingerprint density at radius 2 is 0.606 bits per heavy atom. The van der Waals surface area contributed by atoms with Crippen LogP contribution in [0.5, 0.6) is 0 Å². The number of hydrogen-bond acceptors (Lipinski definition) is 4. The average molecular weight is 647 g/mol. The Labute approximate surface area is 230 Å². The second-order valence-electron chi connectivity index (χ2n) is 6.95. The van der Waals surface area contributed by atoms with E-state index in [-0.39, 0.29) is 21.1 Å². The third-order valence-corrected chi connectivity index (χ3v) is 13.4. The summed E-state index contributed by atoms with van der Waals surface area (Å²) >= 11 is 22.6. The summed E-state index contributed by atoms with van der Waals surface area (Å²) in [5.41, 5.74) is 0. The Balaban J connectivity index is 0.000000209. The van der Waals surface area contributed by atoms with Gasteiger partial charge < -0.3 is 24.5 Å². The molecular formula is C26H26P2S4Sn. The Bertz CT molecular complexity index is 990. The molecule has 168 valence electrons. The second kappa shape index (κ2) is 14.9. The third kappa shape index (κ3) is 9.00. The van der Waals surface area contributed by atoms with Crippen molar-refractivity contribution >= 4 is 101 Å². The summed E-state index contributed by atoms with van der Waals surface area (Å²) in [5, 5.41) is 0.432. The number of benzene rings is 4. The van der Waals surface area contributed by atoms with Gasteiger partial charge in [-0.15, -0.1) is 34.1 Å². The zero-order valence-corrected chi connectivity index (χ0v) is 26.5. The van der Waals surface area contributed by atoms with Gasteiger partial charge in [-0.3, -0.25) is 0 Å². The van der Waals surface area contributed by atoms with Crippen molar-refractivity contribution in [2.45, 2.75) is 9.88 Å². The first-order valence-electron chi connectivity index (χ1n) is 10.3. The monoisotopic (exact) mass is 648 g/mol. The zero-order valence-electron chi connectivity index (χ0n) is 18.6. The molecule has 0 heterocycles. The summed E-state index contributed by atoms with van der Waals surface area (Å²) < 4.78 is 0. The van der Waals surface area contributed by atoms with E-state index in [1.165, 1.54) is 0 Å². The molecule has 0 nitrogen and oxygen atoms in total. The first-order valence-corrected chi connectivity index (χ1v) is 23.6. The first-order chi connectivity index (χ1) is 15.8. The van der Waals surface area contributed by atoms with Crippen LogP contribution in [0.3, 0.4) is 0 Å². The fourth-order valence-corrected chi connectivity index (χ4v) is 8.57. The summed E-state index contributed by atoms with van der Waals surface area (Å²) in [7, 11) is 0. The topological polar surface area (TPSA) is 0 Å². The maximum atomic E-state index is 5.60. The molecule has 0 aromatic heterocycles. The minimum atomic E-state index is -1.98. The molecule has 4 rings (SSSR count). The van der Waals surface area contributed by atoms with E-state index in [4.69, 9.17) is 48.1 Å². The van der Waals surface area contributed by atoms with Gasteiger partial charge in [0.25, 0.3) is 0 Å². The Morgan fingerprint density at radius 3 is 0.758 bits per heavy atom. The van der Waals surface area contributed by atoms with E-state index in [0.29, 0.717) is 0 Å². The molecule has 0 saturated heterocycles. The summed E-state index contributed by atoms with van der Waals surface area (Å²) in [6.07, 6.45) is 0. The summed E-state index contributed by atoms with van der Waals surface area (Å²) in [5.74, 6) is 0. The summed E-state index contributed by atoms with van der Waals surface area (Å²) in [4.78, 5) is 4.59. The number of hydrogen-bond donors (Lipinski definition) is 0. The van der Waals surface area contributed by atoms with Crippen LogP contribution in [0.25, 0.3) is 0 Å². The quantitative estimate of drug-likeness (QED) is 0.153. The molecule has 0 saturated carbocycles. The molecule has 0 bridgehead atoms. The van der Waals surface area contributed by atoms with Gasteiger partial charge in [0.05, 0.1) is 0 Å². The van der Waals surface area contributed by atoms with Crippen molar-refractivity contribution in [2.24, 2.45) is 0 Å². The van der Waals surface area contributed by atoms with E-state index >= 15 is 0 Å². The second-order valence-corrected chi connectivity index (χ2v) is 22.0. The van der Waals surface area contributed by atoms with Crippen LogP contribution < -0.4 is 21.2 Å². The van der Waals surface area contributed by atoms with Crippen molar-refractivity contribution in [1.29, 1.82) is 0 Å². The molecule has 0 unspecified atom stereocenters. The van der Waals surface area contributed by atoms with Gasteiger partial charge in [0.2, 0.25) is 0 Å². The normalized spacial score (nSPS) is 10.5. The molecule has 0 aliphatic rings. The van der Waals surface area contributed by atoms with Crippen molar-refractivity contribution in [3.63, 3.8) is 0 Å². The third-order valence-electron chi connectivity index (χ3n) is 4.38. The molecule has 0 fully saturated rings. The van der Waals surface area contributed by atoms with E-state index in [2.05, 4.69) is 9.88 Å². The van der Waals surface area contributed by atoms with E-state index in [1.54, 1.807) is 0 Å². The van der Waals surface area contributed by atoms with Gasteiger partial charge in [-0.2, -0.15) is 0 Å². The predicted molar refractivity (Wildman–Crippen MR) is 165 cm³/mol. The predicted octanol–water partition coefficient (Wildman–Crippen LogP) is 5.94. The fraction of sp³-hybridized carbons (Fsp3) is 0.0769. The minimum absolute atomic E-state index is 0.230. The van der Waals surface area contributed by atoms with Crippen molar-refractivity contribution in [1.82, 2.24) is 0 Å². The van der Waals surface area contributed by atoms with Gasteiger partial charge >= 0.3 is 31.0 Å². The molecule has 4 aromatic carbocycles. The van der Waals surface area contributed by atoms with Crippen LogP contribution in [-0.4, -0.2) is 21.1 Å². The summed E-state index contributed by atoms with van der Waals surface area (Å²) in [6, 6.07) is 40.1. The number of rotatable bonds is 4. The SMILES string of the molecule is S=P([S-])(c1ccccc1)c1ccccc1.S=P([S-])(c1ccccc1)c1ccccc1.[CH3][Sn+2][CH3]. The molecule has 0 aliphatic heterocycles. The van der Waals surface area contributed by atoms with Crippen LogP contribution in [0, 0.1) is 0 Å². The van der Waals surface area contributed by atoms with Crippen LogP contribution in [-0.2, 0) is 48.1 Å². The molecule has 0 atom stereocenters. The van der Waals surface area contributed by atoms with E-state index in [1.807, 2.05) is 121 Å². The molecule has 33 heavy (non-hydrogen) atoms. The maximum absolute atomic E-state index is 5.60. The van der Waals surface area contributed by atoms with Gasteiger partial charge in [0.1, 0.15) is 0 Å². The van der Waals surface area contributed by atoms with Crippen molar-refractivity contribution in [3.05, 3.63) is 121 Å². The first kappa shape index (κ1) is 28.9. The van der Waals surface area contributed by atoms with E-state index in [9.17, 15) is 0 Å². The van der Waals surface area contributed by atoms with Crippen molar-refractivity contribution in [3.8, 4) is 0 Å². The van der Waals surface area contributed by atoms with Gasteiger partial charge in [-0.1, -0.05) is 121 Å². The zero-order chi connectivity index (χ0) is 24.2. The van der Waals surface area contributed by atoms with Crippen LogP contribution in [0.15, 0.2) is 121 Å². The van der Waals surface area contributed by atoms with Crippen LogP contribution >= 0.6 is 10.5 Å². The van der Waals surface area contributed by atoms with Crippen LogP contribution in [0.1, 0.15) is 0 Å². The van der Waals surface area contributed by atoms with Crippen molar-refractivity contribution in [2.75, 3.05) is 0 Å². The molecule has 7 heteroatoms. The Kier molecular flexibility index (Phi) is 13.1. The molecule has 0 amide bonds. The van der Waals surface area contributed by atoms with Gasteiger partial charge in [-0.05, 0) is 21.2 Å². The Morgan fingerprint density at radius 1 is 0.455 bits per heavy atom. The average Bonchev–Trinajstić information content (AvgIpc) is 2.87. The summed E-state index contributed by atoms with van der Waals surface area (Å²) in [6.45, 7) is 0. The molecule has 0 N–H and O–H groups in total. The molecule has 4 aromatic rings. The van der Waals surface area contributed by atoms with E-state index in [0.717, 1.165) is 21.2 Å². The fourth-order valence-electron chi connectivity index (χ4n) is 2.80.